The van der Waals surface area contributed by atoms with E-state index in [2.05, 4.69) is 28.5 Å². The summed E-state index contributed by atoms with van der Waals surface area (Å²) in [5, 5.41) is 7.02. The summed E-state index contributed by atoms with van der Waals surface area (Å²) < 4.78 is 27.4. The molecule has 6 nitrogen and oxygen atoms in total. The molecule has 3 heterocycles. The minimum atomic E-state index is -3.65. The second kappa shape index (κ2) is 8.46. The highest BCUT2D eigenvalue weighted by molar-refractivity contribution is 7.91. The van der Waals surface area contributed by atoms with E-state index in [1.165, 1.54) is 50.9 Å². The lowest BCUT2D eigenvalue weighted by atomic mass is 9.90. The second-order valence-corrected chi connectivity index (χ2v) is 11.8. The van der Waals surface area contributed by atoms with Crippen LogP contribution >= 0.6 is 22.7 Å². The standard InChI is InChI=1S/C22H23N3O3S3/c26-21(19-7-3-11-25(19)31(27,28)20-8-4-12-29-20)24-22-23-18(14-30-22)17-10-9-15-5-1-2-6-16(15)13-17/h4,8-10,12-14,19H,1-3,5-7,11H2,(H,23,24,26)/t19-/m1/s1. The van der Waals surface area contributed by atoms with Crippen molar-refractivity contribution in [2.24, 2.45) is 0 Å². The smallest absolute Gasteiger partial charge is 0.253 e. The van der Waals surface area contributed by atoms with Gasteiger partial charge in [-0.3, -0.25) is 4.79 Å². The molecule has 5 rings (SSSR count). The van der Waals surface area contributed by atoms with E-state index in [-0.39, 0.29) is 10.1 Å². The maximum Gasteiger partial charge on any atom is 0.253 e. The molecular formula is C22H23N3O3S3. The lowest BCUT2D eigenvalue weighted by Crippen LogP contribution is -2.42. The predicted octanol–water partition coefficient (Wildman–Crippen LogP) is 4.54. The fraction of sp³-hybridized carbons (Fsp3) is 0.364. The van der Waals surface area contributed by atoms with Gasteiger partial charge in [-0.2, -0.15) is 4.31 Å². The van der Waals surface area contributed by atoms with Crippen molar-refractivity contribution < 1.29 is 13.2 Å². The molecule has 1 saturated heterocycles. The van der Waals surface area contributed by atoms with Gasteiger partial charge < -0.3 is 5.32 Å². The zero-order chi connectivity index (χ0) is 21.4. The number of hydrogen-bond acceptors (Lipinski definition) is 6. The second-order valence-electron chi connectivity index (χ2n) is 7.92. The van der Waals surface area contributed by atoms with E-state index in [1.54, 1.807) is 17.5 Å². The van der Waals surface area contributed by atoms with Crippen molar-refractivity contribution in [2.75, 3.05) is 11.9 Å². The quantitative estimate of drug-likeness (QED) is 0.590. The van der Waals surface area contributed by atoms with E-state index in [9.17, 15) is 13.2 Å². The first-order chi connectivity index (χ1) is 15.0. The molecule has 1 aliphatic carbocycles. The maximum atomic E-state index is 12.9. The van der Waals surface area contributed by atoms with Crippen molar-refractivity contribution in [3.05, 3.63) is 52.2 Å². The van der Waals surface area contributed by atoms with E-state index in [0.29, 0.717) is 24.5 Å². The van der Waals surface area contributed by atoms with Gasteiger partial charge in [0.15, 0.2) is 5.13 Å². The number of thiophene rings is 1. The zero-order valence-corrected chi connectivity index (χ0v) is 19.4. The topological polar surface area (TPSA) is 79.4 Å². The number of sulfonamides is 1. The largest absolute Gasteiger partial charge is 0.301 e. The Kier molecular flexibility index (Phi) is 5.68. The molecule has 0 spiro atoms. The van der Waals surface area contributed by atoms with Crippen LogP contribution in [0.25, 0.3) is 11.3 Å². The Morgan fingerprint density at radius 3 is 2.74 bits per heavy atom. The van der Waals surface area contributed by atoms with Crippen molar-refractivity contribution in [1.82, 2.24) is 9.29 Å². The molecule has 2 aromatic heterocycles. The first-order valence-corrected chi connectivity index (χ1v) is 13.7. The molecule has 0 unspecified atom stereocenters. The Morgan fingerprint density at radius 1 is 1.10 bits per heavy atom. The van der Waals surface area contributed by atoms with Crippen LogP contribution in [0.5, 0.6) is 0 Å². The summed E-state index contributed by atoms with van der Waals surface area (Å²) in [5.74, 6) is -0.316. The Labute approximate surface area is 190 Å². The third-order valence-electron chi connectivity index (χ3n) is 5.94. The summed E-state index contributed by atoms with van der Waals surface area (Å²) in [6, 6.07) is 9.08. The van der Waals surface area contributed by atoms with Crippen LogP contribution in [-0.2, 0) is 27.7 Å². The number of carbonyl (C=O) groups is 1. The van der Waals surface area contributed by atoms with E-state index >= 15 is 0 Å². The number of aryl methyl sites for hydroxylation is 2. The number of aromatic nitrogens is 1. The normalized spacial score (nSPS) is 19.3. The summed E-state index contributed by atoms with van der Waals surface area (Å²) in [6.45, 7) is 0.358. The number of nitrogens with zero attached hydrogens (tertiary/aromatic N) is 2. The number of hydrogen-bond donors (Lipinski definition) is 1. The van der Waals surface area contributed by atoms with Crippen molar-refractivity contribution >= 4 is 43.7 Å². The van der Waals surface area contributed by atoms with Gasteiger partial charge in [0.05, 0.1) is 5.69 Å². The fourth-order valence-electron chi connectivity index (χ4n) is 4.36. The number of amides is 1. The average molecular weight is 474 g/mol. The lowest BCUT2D eigenvalue weighted by Gasteiger charge is -2.22. The summed E-state index contributed by atoms with van der Waals surface area (Å²) in [7, 11) is -3.65. The highest BCUT2D eigenvalue weighted by atomic mass is 32.2. The summed E-state index contributed by atoms with van der Waals surface area (Å²) in [4.78, 5) is 17.5. The van der Waals surface area contributed by atoms with Gasteiger partial charge in [0.1, 0.15) is 10.3 Å². The molecule has 1 aliphatic heterocycles. The Morgan fingerprint density at radius 2 is 1.94 bits per heavy atom. The van der Waals surface area contributed by atoms with Gasteiger partial charge >= 0.3 is 0 Å². The van der Waals surface area contributed by atoms with Crippen LogP contribution in [0.15, 0.2) is 45.3 Å². The van der Waals surface area contributed by atoms with Crippen molar-refractivity contribution in [1.29, 1.82) is 0 Å². The van der Waals surface area contributed by atoms with Crippen LogP contribution in [0.2, 0.25) is 0 Å². The summed E-state index contributed by atoms with van der Waals surface area (Å²) in [6.07, 6.45) is 5.90. The third-order valence-corrected chi connectivity index (χ3v) is 9.98. The SMILES string of the molecule is O=C(Nc1nc(-c2ccc3c(c2)CCCC3)cs1)[C@H]1CCCN1S(=O)(=O)c1cccs1. The fourth-order valence-corrected chi connectivity index (χ4v) is 7.86. The van der Waals surface area contributed by atoms with Gasteiger partial charge in [0, 0.05) is 17.5 Å². The minimum absolute atomic E-state index is 0.274. The molecule has 9 heteroatoms. The summed E-state index contributed by atoms with van der Waals surface area (Å²) >= 11 is 2.54. The number of benzene rings is 1. The molecule has 1 N–H and O–H groups in total. The number of rotatable bonds is 5. The molecule has 0 radical (unpaired) electrons. The van der Waals surface area contributed by atoms with Gasteiger partial charge in [0.2, 0.25) is 5.91 Å². The highest BCUT2D eigenvalue weighted by Crippen LogP contribution is 2.32. The molecule has 1 amide bonds. The van der Waals surface area contributed by atoms with Gasteiger partial charge in [0.25, 0.3) is 10.0 Å². The Hall–Kier alpha value is -2.07. The van der Waals surface area contributed by atoms with E-state index < -0.39 is 16.1 Å². The maximum absolute atomic E-state index is 12.9. The van der Waals surface area contributed by atoms with Crippen molar-refractivity contribution in [2.45, 2.75) is 48.8 Å². The molecule has 3 aromatic rings. The highest BCUT2D eigenvalue weighted by Gasteiger charge is 2.40. The van der Waals surface area contributed by atoms with Crippen molar-refractivity contribution in [3.63, 3.8) is 0 Å². The first kappa shape index (κ1) is 20.8. The lowest BCUT2D eigenvalue weighted by molar-refractivity contribution is -0.119. The number of thiazole rings is 1. The van der Waals surface area contributed by atoms with Gasteiger partial charge in [-0.05, 0) is 67.2 Å². The number of fused-ring (bicyclic) bond motifs is 1. The van der Waals surface area contributed by atoms with Gasteiger partial charge in [-0.15, -0.1) is 22.7 Å². The van der Waals surface area contributed by atoms with Crippen LogP contribution in [0.4, 0.5) is 5.13 Å². The van der Waals surface area contributed by atoms with Crippen molar-refractivity contribution in [3.8, 4) is 11.3 Å². The molecule has 1 fully saturated rings. The molecule has 162 valence electrons. The average Bonchev–Trinajstić information content (AvgIpc) is 3.55. The summed E-state index contributed by atoms with van der Waals surface area (Å²) in [5.41, 5.74) is 4.71. The monoisotopic (exact) mass is 473 g/mol. The predicted molar refractivity (Wildman–Crippen MR) is 124 cm³/mol. The van der Waals surface area contributed by atoms with Crippen LogP contribution in [0, 0.1) is 0 Å². The van der Waals surface area contributed by atoms with Gasteiger partial charge in [-0.1, -0.05) is 18.2 Å². The Balaban J connectivity index is 1.32. The van der Waals surface area contributed by atoms with Crippen LogP contribution in [-0.4, -0.2) is 36.2 Å². The van der Waals surface area contributed by atoms with E-state index in [4.69, 9.17) is 0 Å². The minimum Gasteiger partial charge on any atom is -0.301 e. The number of carbonyl (C=O) groups excluding carboxylic acids is 1. The molecule has 2 aliphatic rings. The molecule has 1 atom stereocenters. The van der Waals surface area contributed by atoms with E-state index in [1.807, 2.05) is 5.38 Å². The van der Waals surface area contributed by atoms with Gasteiger partial charge in [-0.25, -0.2) is 13.4 Å². The number of nitrogens with one attached hydrogen (secondary N) is 1. The Bertz CT molecular complexity index is 1200. The third kappa shape index (κ3) is 4.07. The first-order valence-electron chi connectivity index (χ1n) is 10.5. The molecule has 0 saturated carbocycles. The van der Waals surface area contributed by atoms with Crippen LogP contribution in [0.1, 0.15) is 36.8 Å². The zero-order valence-electron chi connectivity index (χ0n) is 16.9. The van der Waals surface area contributed by atoms with Crippen LogP contribution < -0.4 is 5.32 Å². The molecule has 0 bridgehead atoms. The molecular weight excluding hydrogens is 450 g/mol. The van der Waals surface area contributed by atoms with Crippen LogP contribution in [0.3, 0.4) is 0 Å². The number of anilines is 1. The molecule has 31 heavy (non-hydrogen) atoms. The molecule has 1 aromatic carbocycles. The van der Waals surface area contributed by atoms with E-state index in [0.717, 1.165) is 24.1 Å².